The topological polar surface area (TPSA) is 93.5 Å². The number of methoxy groups -OCH3 is 2. The molecule has 0 heterocycles. The normalized spacial score (nSPS) is 10.7. The molecule has 0 atom stereocenters. The average molecular weight is 342 g/mol. The predicted molar refractivity (Wildman–Crippen MR) is 75.8 cm³/mol. The Balaban J connectivity index is 3.06. The molecule has 0 aliphatic rings. The zero-order chi connectivity index (χ0) is 15.0. The molecule has 8 heteroatoms. The van der Waals surface area contributed by atoms with Crippen molar-refractivity contribution in [2.75, 3.05) is 21.0 Å². The Morgan fingerprint density at radius 3 is 2.80 bits per heavy atom. The number of benzene rings is 1. The lowest BCUT2D eigenvalue weighted by Gasteiger charge is -2.07. The molecule has 0 amide bonds. The van der Waals surface area contributed by atoms with Crippen LogP contribution in [-0.4, -0.2) is 27.0 Å². The van der Waals surface area contributed by atoms with Gasteiger partial charge in [0.2, 0.25) is 0 Å². The molecule has 1 rings (SSSR count). The number of rotatable bonds is 6. The maximum atomic E-state index is 11.4. The van der Waals surface area contributed by atoms with E-state index < -0.39 is 5.97 Å². The monoisotopic (exact) mass is 341 g/mol. The summed E-state index contributed by atoms with van der Waals surface area (Å²) in [5.41, 5.74) is 8.94. The van der Waals surface area contributed by atoms with Gasteiger partial charge in [0.05, 0.1) is 7.11 Å². The first-order valence-corrected chi connectivity index (χ1v) is 6.18. The minimum absolute atomic E-state index is 0.133. The molecule has 0 unspecified atom stereocenters. The highest BCUT2D eigenvalue weighted by Gasteiger charge is 2.09. The fourth-order valence-corrected chi connectivity index (χ4v) is 1.74. The van der Waals surface area contributed by atoms with Gasteiger partial charge in [0.25, 0.3) is 0 Å². The molecule has 0 aromatic heterocycles. The van der Waals surface area contributed by atoms with Crippen molar-refractivity contribution in [1.82, 2.24) is 0 Å². The van der Waals surface area contributed by atoms with Gasteiger partial charge in [-0.15, -0.1) is 0 Å². The second-order valence-corrected chi connectivity index (χ2v) is 4.30. The third-order valence-electron chi connectivity index (χ3n) is 2.15. The largest absolute Gasteiger partial charge is 0.468 e. The van der Waals surface area contributed by atoms with Crippen molar-refractivity contribution in [3.8, 4) is 5.75 Å². The lowest BCUT2D eigenvalue weighted by Crippen LogP contribution is -2.02. The van der Waals surface area contributed by atoms with Gasteiger partial charge < -0.3 is 14.2 Å². The second kappa shape index (κ2) is 8.21. The average Bonchev–Trinajstić information content (AvgIpc) is 2.46. The Morgan fingerprint density at radius 1 is 1.50 bits per heavy atom. The summed E-state index contributed by atoms with van der Waals surface area (Å²) >= 11 is 3.34. The van der Waals surface area contributed by atoms with Crippen LogP contribution < -0.4 is 4.74 Å². The summed E-state index contributed by atoms with van der Waals surface area (Å²) in [5.74, 6) is -0.117. The predicted octanol–water partition coefficient (Wildman–Crippen LogP) is 3.26. The molecule has 0 saturated carbocycles. The SMILES string of the molecule is COCOc1ccc(/C=C(\N=[N+]=[N-])C(=O)OC)c(Br)c1. The summed E-state index contributed by atoms with van der Waals surface area (Å²) in [5, 5.41) is 3.30. The molecule has 0 aliphatic heterocycles. The number of esters is 1. The highest BCUT2D eigenvalue weighted by molar-refractivity contribution is 9.10. The number of hydrogen-bond donors (Lipinski definition) is 0. The summed E-state index contributed by atoms with van der Waals surface area (Å²) in [7, 11) is 2.73. The van der Waals surface area contributed by atoms with Crippen LogP contribution in [0.1, 0.15) is 5.56 Å². The van der Waals surface area contributed by atoms with Crippen LogP contribution in [0.4, 0.5) is 0 Å². The molecule has 7 nitrogen and oxygen atoms in total. The summed E-state index contributed by atoms with van der Waals surface area (Å²) < 4.78 is 15.3. The van der Waals surface area contributed by atoms with E-state index in [-0.39, 0.29) is 12.5 Å². The molecule has 0 saturated heterocycles. The molecule has 20 heavy (non-hydrogen) atoms. The van der Waals surface area contributed by atoms with Crippen LogP contribution in [0.3, 0.4) is 0 Å². The van der Waals surface area contributed by atoms with Gasteiger partial charge in [-0.05, 0) is 29.3 Å². The number of nitrogens with zero attached hydrogens (tertiary/aromatic N) is 3. The molecule has 1 aromatic carbocycles. The van der Waals surface area contributed by atoms with E-state index in [1.165, 1.54) is 20.3 Å². The van der Waals surface area contributed by atoms with Crippen LogP contribution in [0.2, 0.25) is 0 Å². The third-order valence-corrected chi connectivity index (χ3v) is 2.84. The second-order valence-electron chi connectivity index (χ2n) is 3.44. The number of azide groups is 1. The van der Waals surface area contributed by atoms with Crippen molar-refractivity contribution in [3.05, 3.63) is 44.4 Å². The van der Waals surface area contributed by atoms with Crippen LogP contribution in [0.25, 0.3) is 16.5 Å². The molecular formula is C12H12BrN3O4. The molecule has 0 aliphatic carbocycles. The number of ether oxygens (including phenoxy) is 3. The van der Waals surface area contributed by atoms with Gasteiger partial charge in [-0.2, -0.15) is 0 Å². The molecule has 106 valence electrons. The van der Waals surface area contributed by atoms with E-state index in [9.17, 15) is 4.79 Å². The maximum Gasteiger partial charge on any atom is 0.340 e. The molecule has 0 bridgehead atoms. The Morgan fingerprint density at radius 2 is 2.25 bits per heavy atom. The van der Waals surface area contributed by atoms with Gasteiger partial charge in [-0.25, -0.2) is 4.79 Å². The summed E-state index contributed by atoms with van der Waals surface area (Å²) in [6, 6.07) is 5.10. The molecule has 0 radical (unpaired) electrons. The molecule has 0 N–H and O–H groups in total. The maximum absolute atomic E-state index is 11.4. The first kappa shape index (κ1) is 16.0. The molecular weight excluding hydrogens is 330 g/mol. The van der Waals surface area contributed by atoms with E-state index in [4.69, 9.17) is 15.0 Å². The standard InChI is InChI=1S/C12H12BrN3O4/c1-18-7-20-9-4-3-8(10(13)6-9)5-11(15-16-14)12(17)19-2/h3-6H,7H2,1-2H3/b11-5-. The van der Waals surface area contributed by atoms with E-state index in [1.54, 1.807) is 18.2 Å². The quantitative estimate of drug-likeness (QED) is 0.198. The van der Waals surface area contributed by atoms with E-state index in [2.05, 4.69) is 30.7 Å². The first-order valence-electron chi connectivity index (χ1n) is 5.38. The van der Waals surface area contributed by atoms with Gasteiger partial charge in [-0.1, -0.05) is 27.1 Å². The van der Waals surface area contributed by atoms with E-state index in [0.717, 1.165) is 0 Å². The Hall–Kier alpha value is -2.02. The lowest BCUT2D eigenvalue weighted by molar-refractivity contribution is -0.136. The number of hydrogen-bond acceptors (Lipinski definition) is 5. The van der Waals surface area contributed by atoms with Gasteiger partial charge in [0.1, 0.15) is 11.4 Å². The number of halogens is 1. The highest BCUT2D eigenvalue weighted by Crippen LogP contribution is 2.25. The van der Waals surface area contributed by atoms with Crippen molar-refractivity contribution in [2.24, 2.45) is 5.11 Å². The van der Waals surface area contributed by atoms with Gasteiger partial charge in [0, 0.05) is 16.5 Å². The molecule has 1 aromatic rings. The van der Waals surface area contributed by atoms with Gasteiger partial charge in [0.15, 0.2) is 6.79 Å². The Kier molecular flexibility index (Phi) is 6.58. The molecule has 0 spiro atoms. The molecule has 0 fully saturated rings. The summed E-state index contributed by atoms with van der Waals surface area (Å²) in [6.45, 7) is 0.133. The summed E-state index contributed by atoms with van der Waals surface area (Å²) in [4.78, 5) is 14.0. The fraction of sp³-hybridized carbons (Fsp3) is 0.250. The van der Waals surface area contributed by atoms with Gasteiger partial charge >= 0.3 is 5.97 Å². The van der Waals surface area contributed by atoms with Crippen molar-refractivity contribution in [2.45, 2.75) is 0 Å². The smallest absolute Gasteiger partial charge is 0.340 e. The Bertz CT molecular complexity index is 568. The summed E-state index contributed by atoms with van der Waals surface area (Å²) in [6.07, 6.45) is 1.41. The van der Waals surface area contributed by atoms with E-state index >= 15 is 0 Å². The Labute approximate surface area is 123 Å². The van der Waals surface area contributed by atoms with Crippen LogP contribution in [0, 0.1) is 0 Å². The van der Waals surface area contributed by atoms with Crippen LogP contribution >= 0.6 is 15.9 Å². The van der Waals surface area contributed by atoms with Crippen LogP contribution in [0.15, 0.2) is 33.5 Å². The minimum Gasteiger partial charge on any atom is -0.468 e. The van der Waals surface area contributed by atoms with Crippen molar-refractivity contribution in [3.63, 3.8) is 0 Å². The third kappa shape index (κ3) is 4.58. The van der Waals surface area contributed by atoms with Crippen molar-refractivity contribution < 1.29 is 19.0 Å². The number of carbonyl (C=O) groups is 1. The van der Waals surface area contributed by atoms with Crippen LogP contribution in [0.5, 0.6) is 5.75 Å². The first-order chi connectivity index (χ1) is 9.62. The van der Waals surface area contributed by atoms with Gasteiger partial charge in [-0.3, -0.25) is 0 Å². The number of carbonyl (C=O) groups excluding carboxylic acids is 1. The zero-order valence-corrected chi connectivity index (χ0v) is 12.5. The van der Waals surface area contributed by atoms with E-state index in [1.807, 2.05) is 0 Å². The van der Waals surface area contributed by atoms with Crippen molar-refractivity contribution >= 4 is 28.0 Å². The van der Waals surface area contributed by atoms with Crippen molar-refractivity contribution in [1.29, 1.82) is 0 Å². The highest BCUT2D eigenvalue weighted by atomic mass is 79.9. The zero-order valence-electron chi connectivity index (χ0n) is 10.9. The van der Waals surface area contributed by atoms with Crippen LogP contribution in [-0.2, 0) is 14.3 Å². The minimum atomic E-state index is -0.714. The lowest BCUT2D eigenvalue weighted by atomic mass is 10.2. The van der Waals surface area contributed by atoms with E-state index in [0.29, 0.717) is 15.8 Å². The fourth-order valence-electron chi connectivity index (χ4n) is 1.27.